The second-order valence-corrected chi connectivity index (χ2v) is 7.11. The van der Waals surface area contributed by atoms with Gasteiger partial charge < -0.3 is 10.2 Å². The maximum absolute atomic E-state index is 12.8. The molecule has 0 unspecified atom stereocenters. The van der Waals surface area contributed by atoms with Crippen LogP contribution in [0.2, 0.25) is 0 Å². The lowest BCUT2D eigenvalue weighted by molar-refractivity contribution is -0.136. The van der Waals surface area contributed by atoms with Crippen molar-refractivity contribution in [2.75, 3.05) is 13.1 Å². The van der Waals surface area contributed by atoms with Crippen LogP contribution in [-0.4, -0.2) is 35.8 Å². The molecule has 4 heteroatoms. The number of nitrogens with zero attached hydrogens (tertiary/aromatic N) is 1. The number of rotatable bonds is 5. The molecule has 0 aliphatic carbocycles. The summed E-state index contributed by atoms with van der Waals surface area (Å²) < 4.78 is 0. The van der Waals surface area contributed by atoms with Crippen LogP contribution in [0.4, 0.5) is 0 Å². The van der Waals surface area contributed by atoms with Gasteiger partial charge in [-0.2, -0.15) is 0 Å². The first-order chi connectivity index (χ1) is 12.6. The van der Waals surface area contributed by atoms with Gasteiger partial charge in [-0.15, -0.1) is 0 Å². The first kappa shape index (κ1) is 18.4. The van der Waals surface area contributed by atoms with Crippen molar-refractivity contribution in [3.8, 4) is 0 Å². The van der Waals surface area contributed by atoms with E-state index in [-0.39, 0.29) is 23.8 Å². The third-order valence-corrected chi connectivity index (χ3v) is 5.51. The normalized spacial score (nSPS) is 15.4. The Balaban J connectivity index is 1.61. The van der Waals surface area contributed by atoms with Gasteiger partial charge in [0.1, 0.15) is 0 Å². The predicted molar refractivity (Wildman–Crippen MR) is 105 cm³/mol. The van der Waals surface area contributed by atoms with Crippen LogP contribution in [0.1, 0.15) is 49.9 Å². The Labute approximate surface area is 155 Å². The molecule has 0 radical (unpaired) electrons. The van der Waals surface area contributed by atoms with Gasteiger partial charge in [0.2, 0.25) is 5.91 Å². The van der Waals surface area contributed by atoms with Crippen LogP contribution in [0, 0.1) is 5.92 Å². The van der Waals surface area contributed by atoms with Crippen molar-refractivity contribution < 1.29 is 9.59 Å². The number of carbonyl (C=O) groups excluding carboxylic acids is 2. The van der Waals surface area contributed by atoms with E-state index in [9.17, 15) is 9.59 Å². The maximum atomic E-state index is 12.8. The Hall–Kier alpha value is -2.36. The van der Waals surface area contributed by atoms with Gasteiger partial charge in [-0.05, 0) is 42.5 Å². The fourth-order valence-electron chi connectivity index (χ4n) is 3.83. The molecule has 26 heavy (non-hydrogen) atoms. The largest absolute Gasteiger partial charge is 0.349 e. The van der Waals surface area contributed by atoms with Crippen LogP contribution in [0.3, 0.4) is 0 Å². The molecule has 2 aromatic carbocycles. The summed E-state index contributed by atoms with van der Waals surface area (Å²) in [5, 5.41) is 5.22. The zero-order valence-corrected chi connectivity index (χ0v) is 15.7. The summed E-state index contributed by atoms with van der Waals surface area (Å²) in [6.45, 7) is 5.61. The minimum Gasteiger partial charge on any atom is -0.349 e. The van der Waals surface area contributed by atoms with Gasteiger partial charge in [-0.1, -0.05) is 50.2 Å². The highest BCUT2D eigenvalue weighted by Crippen LogP contribution is 2.20. The van der Waals surface area contributed by atoms with Gasteiger partial charge in [0.05, 0.1) is 0 Å². The molecule has 0 atom stereocenters. The number of piperidine rings is 1. The smallest absolute Gasteiger partial charge is 0.252 e. The summed E-state index contributed by atoms with van der Waals surface area (Å²) in [5.41, 5.74) is 0.721. The van der Waals surface area contributed by atoms with E-state index in [1.54, 1.807) is 0 Å². The number of hydrogen-bond acceptors (Lipinski definition) is 2. The molecule has 4 nitrogen and oxygen atoms in total. The Morgan fingerprint density at radius 1 is 1.04 bits per heavy atom. The number of amides is 2. The minimum atomic E-state index is -0.0217. The molecule has 1 heterocycles. The second-order valence-electron chi connectivity index (χ2n) is 7.11. The fourth-order valence-corrected chi connectivity index (χ4v) is 3.83. The van der Waals surface area contributed by atoms with Crippen LogP contribution < -0.4 is 5.32 Å². The molecule has 138 valence electrons. The Kier molecular flexibility index (Phi) is 5.92. The number of likely N-dealkylation sites (tertiary alicyclic amines) is 1. The topological polar surface area (TPSA) is 49.4 Å². The highest BCUT2D eigenvalue weighted by molar-refractivity contribution is 6.07. The number of carbonyl (C=O) groups is 2. The highest BCUT2D eigenvalue weighted by Gasteiger charge is 2.27. The van der Waals surface area contributed by atoms with E-state index >= 15 is 0 Å². The van der Waals surface area contributed by atoms with E-state index in [1.165, 1.54) is 0 Å². The first-order valence-electron chi connectivity index (χ1n) is 9.71. The van der Waals surface area contributed by atoms with Crippen LogP contribution in [-0.2, 0) is 4.79 Å². The predicted octanol–water partition coefficient (Wildman–Crippen LogP) is 4.00. The summed E-state index contributed by atoms with van der Waals surface area (Å²) >= 11 is 0. The van der Waals surface area contributed by atoms with E-state index in [4.69, 9.17) is 0 Å². The molecule has 1 fully saturated rings. The van der Waals surface area contributed by atoms with Gasteiger partial charge in [-0.3, -0.25) is 9.59 Å². The van der Waals surface area contributed by atoms with E-state index in [1.807, 2.05) is 47.4 Å². The monoisotopic (exact) mass is 352 g/mol. The van der Waals surface area contributed by atoms with Crippen molar-refractivity contribution in [1.29, 1.82) is 0 Å². The average Bonchev–Trinajstić information content (AvgIpc) is 2.69. The summed E-state index contributed by atoms with van der Waals surface area (Å²) in [6.07, 6.45) is 3.44. The molecule has 2 aromatic rings. The molecule has 0 saturated carbocycles. The number of nitrogens with one attached hydrogen (secondary N) is 1. The van der Waals surface area contributed by atoms with Gasteiger partial charge in [-0.25, -0.2) is 0 Å². The number of fused-ring (bicyclic) bond motifs is 1. The standard InChI is InChI=1S/C22H28N2O2/c1-3-16(4-2)22(26)24-14-12-18(13-15-24)23-21(25)20-11-7-9-17-8-5-6-10-19(17)20/h5-11,16,18H,3-4,12-15H2,1-2H3,(H,23,25). The molecule has 1 aliphatic rings. The number of benzene rings is 2. The second kappa shape index (κ2) is 8.35. The van der Waals surface area contributed by atoms with Gasteiger partial charge in [0.25, 0.3) is 5.91 Å². The van der Waals surface area contributed by atoms with Gasteiger partial charge in [0.15, 0.2) is 0 Å². The van der Waals surface area contributed by atoms with Crippen molar-refractivity contribution in [1.82, 2.24) is 10.2 Å². The van der Waals surface area contributed by atoms with Crippen molar-refractivity contribution in [2.24, 2.45) is 5.92 Å². The zero-order valence-electron chi connectivity index (χ0n) is 15.7. The SMILES string of the molecule is CCC(CC)C(=O)N1CCC(NC(=O)c2cccc3ccccc23)CC1. The third-order valence-electron chi connectivity index (χ3n) is 5.51. The summed E-state index contributed by atoms with van der Waals surface area (Å²) in [4.78, 5) is 27.2. The third kappa shape index (κ3) is 3.90. The van der Waals surface area contributed by atoms with Crippen molar-refractivity contribution in [3.05, 3.63) is 48.0 Å². The zero-order chi connectivity index (χ0) is 18.5. The summed E-state index contributed by atoms with van der Waals surface area (Å²) in [7, 11) is 0. The molecule has 0 spiro atoms. The van der Waals surface area contributed by atoms with Crippen LogP contribution in [0.25, 0.3) is 10.8 Å². The van der Waals surface area contributed by atoms with Crippen LogP contribution >= 0.6 is 0 Å². The summed E-state index contributed by atoms with van der Waals surface area (Å²) in [6, 6.07) is 13.9. The molecule has 3 rings (SSSR count). The molecule has 1 saturated heterocycles. The number of hydrogen-bond donors (Lipinski definition) is 1. The van der Waals surface area contributed by atoms with E-state index in [0.29, 0.717) is 0 Å². The molecular weight excluding hydrogens is 324 g/mol. The Morgan fingerprint density at radius 3 is 2.38 bits per heavy atom. The van der Waals surface area contributed by atoms with E-state index in [0.717, 1.165) is 55.1 Å². The average molecular weight is 352 g/mol. The Bertz CT molecular complexity index is 769. The van der Waals surface area contributed by atoms with Crippen LogP contribution in [0.15, 0.2) is 42.5 Å². The lowest BCUT2D eigenvalue weighted by Gasteiger charge is -2.34. The molecule has 0 aromatic heterocycles. The van der Waals surface area contributed by atoms with E-state index < -0.39 is 0 Å². The molecule has 1 aliphatic heterocycles. The van der Waals surface area contributed by atoms with E-state index in [2.05, 4.69) is 19.2 Å². The summed E-state index contributed by atoms with van der Waals surface area (Å²) in [5.74, 6) is 0.386. The van der Waals surface area contributed by atoms with Gasteiger partial charge in [0, 0.05) is 30.6 Å². The van der Waals surface area contributed by atoms with Crippen molar-refractivity contribution in [3.63, 3.8) is 0 Å². The molecule has 2 amide bonds. The lowest BCUT2D eigenvalue weighted by Crippen LogP contribution is -2.48. The molecular formula is C22H28N2O2. The molecule has 1 N–H and O–H groups in total. The van der Waals surface area contributed by atoms with Gasteiger partial charge >= 0.3 is 0 Å². The minimum absolute atomic E-state index is 0.0217. The van der Waals surface area contributed by atoms with Crippen molar-refractivity contribution in [2.45, 2.75) is 45.6 Å². The maximum Gasteiger partial charge on any atom is 0.252 e. The Morgan fingerprint density at radius 2 is 1.69 bits per heavy atom. The van der Waals surface area contributed by atoms with Crippen LogP contribution in [0.5, 0.6) is 0 Å². The first-order valence-corrected chi connectivity index (χ1v) is 9.71. The quantitative estimate of drug-likeness (QED) is 0.884. The molecule has 0 bridgehead atoms. The lowest BCUT2D eigenvalue weighted by atomic mass is 9.98. The highest BCUT2D eigenvalue weighted by atomic mass is 16.2. The fraction of sp³-hybridized carbons (Fsp3) is 0.455. The van der Waals surface area contributed by atoms with Crippen molar-refractivity contribution >= 4 is 22.6 Å².